The molecule has 3 rings (SSSR count). The molecule has 2 unspecified atom stereocenters. The smallest absolute Gasteiger partial charge is 0.416 e. The number of anilines is 2. The lowest BCUT2D eigenvalue weighted by Gasteiger charge is -2.28. The topological polar surface area (TPSA) is 124 Å². The molecule has 14 heteroatoms. The lowest BCUT2D eigenvalue weighted by atomic mass is 9.86. The second-order valence-corrected chi connectivity index (χ2v) is 19.5. The molecule has 330 valence electrons. The van der Waals surface area contributed by atoms with Gasteiger partial charge in [0, 0.05) is 38.1 Å². The number of likely N-dealkylation sites (tertiary alicyclic amines) is 1. The second kappa shape index (κ2) is 19.3. The normalized spacial score (nSPS) is 16.2. The van der Waals surface area contributed by atoms with E-state index >= 15 is 0 Å². The van der Waals surface area contributed by atoms with Crippen molar-refractivity contribution in [1.82, 2.24) is 9.80 Å². The Balaban J connectivity index is 1.89. The maximum absolute atomic E-state index is 14.4. The van der Waals surface area contributed by atoms with E-state index in [0.717, 1.165) is 17.7 Å². The highest BCUT2D eigenvalue weighted by molar-refractivity contribution is 5.75. The van der Waals surface area contributed by atoms with Gasteiger partial charge in [-0.15, -0.1) is 0 Å². The molecule has 2 aromatic carbocycles. The van der Waals surface area contributed by atoms with E-state index in [2.05, 4.69) is 5.32 Å². The number of nitrogens with zero attached hydrogens (tertiary/aromatic N) is 2. The highest BCUT2D eigenvalue weighted by Crippen LogP contribution is 2.35. The van der Waals surface area contributed by atoms with Crippen LogP contribution in [-0.4, -0.2) is 83.0 Å². The summed E-state index contributed by atoms with van der Waals surface area (Å²) < 4.78 is 65.6. The Labute approximate surface area is 348 Å². The summed E-state index contributed by atoms with van der Waals surface area (Å²) in [4.78, 5) is 55.5. The first-order valence-corrected chi connectivity index (χ1v) is 20.3. The van der Waals surface area contributed by atoms with Gasteiger partial charge >= 0.3 is 30.3 Å². The molecule has 0 saturated carbocycles. The van der Waals surface area contributed by atoms with Crippen molar-refractivity contribution in [2.24, 2.45) is 17.8 Å². The molecule has 0 bridgehead atoms. The van der Waals surface area contributed by atoms with Gasteiger partial charge in [0.25, 0.3) is 0 Å². The van der Waals surface area contributed by atoms with Gasteiger partial charge in [0.15, 0.2) is 0 Å². The van der Waals surface area contributed by atoms with Crippen LogP contribution in [0.5, 0.6) is 0 Å². The van der Waals surface area contributed by atoms with E-state index in [1.54, 1.807) is 119 Å². The lowest BCUT2D eigenvalue weighted by Crippen LogP contribution is -2.38. The zero-order chi connectivity index (χ0) is 44.7. The maximum atomic E-state index is 14.4. The Morgan fingerprint density at radius 3 is 1.90 bits per heavy atom. The number of benzene rings is 2. The average Bonchev–Trinajstić information content (AvgIpc) is 3.53. The van der Waals surface area contributed by atoms with Crippen molar-refractivity contribution in [3.63, 3.8) is 0 Å². The van der Waals surface area contributed by atoms with Crippen molar-refractivity contribution in [3.8, 4) is 0 Å². The van der Waals surface area contributed by atoms with Gasteiger partial charge in [-0.05, 0) is 163 Å². The second-order valence-electron chi connectivity index (χ2n) is 19.5. The van der Waals surface area contributed by atoms with E-state index in [4.69, 9.17) is 18.9 Å². The third kappa shape index (κ3) is 17.3. The SMILES string of the molecule is CN(CCCC(Cc1cc(Nc2cccc(C[C@H](C(=O)OC(C)(C)C)C3CCN(C(=O)OC(C)(C)C)C3)c2)cc(C(F)(F)F)c1)C(=O)OC(C)(C)C)C(=O)OC(C)(C)C. The number of carbonyl (C=O) groups excluding carboxylic acids is 4. The van der Waals surface area contributed by atoms with Crippen LogP contribution in [-0.2, 0) is 47.6 Å². The Morgan fingerprint density at radius 2 is 1.32 bits per heavy atom. The van der Waals surface area contributed by atoms with Crippen LogP contribution in [0.25, 0.3) is 0 Å². The number of hydrogen-bond donors (Lipinski definition) is 1. The summed E-state index contributed by atoms with van der Waals surface area (Å²) >= 11 is 0. The van der Waals surface area contributed by atoms with Crippen LogP contribution in [0.4, 0.5) is 34.1 Å². The largest absolute Gasteiger partial charge is 0.460 e. The van der Waals surface area contributed by atoms with Crippen LogP contribution >= 0.6 is 0 Å². The molecule has 1 heterocycles. The van der Waals surface area contributed by atoms with Crippen LogP contribution in [0.3, 0.4) is 0 Å². The highest BCUT2D eigenvalue weighted by atomic mass is 19.4. The van der Waals surface area contributed by atoms with Crippen molar-refractivity contribution in [3.05, 3.63) is 59.2 Å². The summed E-state index contributed by atoms with van der Waals surface area (Å²) in [5.74, 6) is -2.56. The van der Waals surface area contributed by atoms with Gasteiger partial charge in [0.1, 0.15) is 22.4 Å². The van der Waals surface area contributed by atoms with E-state index in [1.165, 1.54) is 4.90 Å². The molecule has 2 amide bonds. The molecule has 0 spiro atoms. The van der Waals surface area contributed by atoms with Crippen molar-refractivity contribution in [2.45, 2.75) is 144 Å². The maximum Gasteiger partial charge on any atom is 0.416 e. The third-order valence-corrected chi connectivity index (χ3v) is 9.12. The Kier molecular flexibility index (Phi) is 16.0. The standard InChI is InChI=1S/C45H66F3N3O8/c1-41(2,3)56-37(52)31(17-15-20-50(13)39(54)58-43(7,8)9)22-30-23-33(45(46,47)48)27-35(25-30)49-34-18-14-16-29(24-34)26-36(38(53)57-42(4,5)6)32-19-21-51(28-32)40(55)59-44(10,11)12/h14,16,18,23-25,27,31-32,36,49H,15,17,19-22,26,28H2,1-13H3/t31?,32?,36-/m0/s1. The third-order valence-electron chi connectivity index (χ3n) is 9.12. The van der Waals surface area contributed by atoms with Gasteiger partial charge in [-0.25, -0.2) is 9.59 Å². The summed E-state index contributed by atoms with van der Waals surface area (Å²) in [6, 6.07) is 10.7. The van der Waals surface area contributed by atoms with Gasteiger partial charge in [0.2, 0.25) is 0 Å². The molecule has 1 aliphatic heterocycles. The van der Waals surface area contributed by atoms with E-state index in [1.807, 2.05) is 6.07 Å². The first-order chi connectivity index (χ1) is 26.9. The van der Waals surface area contributed by atoms with Crippen LogP contribution in [0, 0.1) is 17.8 Å². The van der Waals surface area contributed by atoms with Crippen molar-refractivity contribution in [2.75, 3.05) is 32.0 Å². The first-order valence-electron chi connectivity index (χ1n) is 20.3. The van der Waals surface area contributed by atoms with Crippen molar-refractivity contribution < 1.29 is 51.3 Å². The van der Waals surface area contributed by atoms with Crippen molar-refractivity contribution in [1.29, 1.82) is 0 Å². The molecule has 3 atom stereocenters. The van der Waals surface area contributed by atoms with E-state index in [0.29, 0.717) is 31.6 Å². The molecule has 59 heavy (non-hydrogen) atoms. The predicted molar refractivity (Wildman–Crippen MR) is 221 cm³/mol. The summed E-state index contributed by atoms with van der Waals surface area (Å²) in [6.45, 7) is 22.2. The minimum absolute atomic E-state index is 0.0387. The number of nitrogens with one attached hydrogen (secondary N) is 1. The van der Waals surface area contributed by atoms with Crippen LogP contribution in [0.15, 0.2) is 42.5 Å². The van der Waals surface area contributed by atoms with Gasteiger partial charge in [-0.2, -0.15) is 13.2 Å². The molecule has 0 radical (unpaired) electrons. The van der Waals surface area contributed by atoms with Gasteiger partial charge < -0.3 is 34.1 Å². The van der Waals surface area contributed by atoms with E-state index < -0.39 is 70.1 Å². The molecule has 1 fully saturated rings. The van der Waals surface area contributed by atoms with Crippen molar-refractivity contribution >= 4 is 35.5 Å². The molecule has 11 nitrogen and oxygen atoms in total. The number of rotatable bonds is 13. The molecule has 0 aromatic heterocycles. The molecule has 0 aliphatic carbocycles. The number of carbonyl (C=O) groups is 4. The molecular formula is C45H66F3N3O8. The molecule has 1 saturated heterocycles. The van der Waals surface area contributed by atoms with E-state index in [-0.39, 0.29) is 43.0 Å². The highest BCUT2D eigenvalue weighted by Gasteiger charge is 2.39. The Bertz CT molecular complexity index is 1770. The average molecular weight is 834 g/mol. The fourth-order valence-electron chi connectivity index (χ4n) is 6.65. The molecular weight excluding hydrogens is 768 g/mol. The summed E-state index contributed by atoms with van der Waals surface area (Å²) in [6.07, 6.45) is -4.22. The zero-order valence-corrected chi connectivity index (χ0v) is 37.2. The number of alkyl halides is 3. The van der Waals surface area contributed by atoms with Crippen LogP contribution in [0.1, 0.15) is 119 Å². The number of halogens is 3. The van der Waals surface area contributed by atoms with Gasteiger partial charge in [-0.1, -0.05) is 12.1 Å². The molecule has 2 aromatic rings. The van der Waals surface area contributed by atoms with Crippen LogP contribution < -0.4 is 5.32 Å². The molecule has 1 aliphatic rings. The fourth-order valence-corrected chi connectivity index (χ4v) is 6.65. The monoisotopic (exact) mass is 833 g/mol. The number of esters is 2. The summed E-state index contributed by atoms with van der Waals surface area (Å²) in [5, 5.41) is 3.12. The quantitative estimate of drug-likeness (QED) is 0.155. The van der Waals surface area contributed by atoms with Gasteiger partial charge in [-0.3, -0.25) is 9.59 Å². The summed E-state index contributed by atoms with van der Waals surface area (Å²) in [5.41, 5.74) is -2.15. The fraction of sp³-hybridized carbons (Fsp3) is 0.644. The minimum Gasteiger partial charge on any atom is -0.460 e. The summed E-state index contributed by atoms with van der Waals surface area (Å²) in [7, 11) is 1.59. The van der Waals surface area contributed by atoms with Crippen LogP contribution in [0.2, 0.25) is 0 Å². The number of ether oxygens (including phenoxy) is 4. The zero-order valence-electron chi connectivity index (χ0n) is 37.2. The number of hydrogen-bond acceptors (Lipinski definition) is 9. The number of amides is 2. The van der Waals surface area contributed by atoms with E-state index in [9.17, 15) is 32.3 Å². The Hall–Kier alpha value is -4.49. The van der Waals surface area contributed by atoms with Gasteiger partial charge in [0.05, 0.1) is 17.4 Å². The Morgan fingerprint density at radius 1 is 0.746 bits per heavy atom. The lowest BCUT2D eigenvalue weighted by molar-refractivity contribution is -0.162. The predicted octanol–water partition coefficient (Wildman–Crippen LogP) is 10.4. The first kappa shape index (κ1) is 48.9. The minimum atomic E-state index is -4.68. The molecule has 1 N–H and O–H groups in total.